The Balaban J connectivity index is 1.73. The second kappa shape index (κ2) is 7.99. The Kier molecular flexibility index (Phi) is 5.80. The van der Waals surface area contributed by atoms with E-state index >= 15 is 0 Å². The number of sulfonamides is 1. The lowest BCUT2D eigenvalue weighted by atomic mass is 10.1. The number of piperazine rings is 1. The van der Waals surface area contributed by atoms with Gasteiger partial charge in [0.2, 0.25) is 10.0 Å². The fraction of sp³-hybridized carbons (Fsp3) is 0.333. The topological polar surface area (TPSA) is 90.8 Å². The van der Waals surface area contributed by atoms with Gasteiger partial charge in [-0.25, -0.2) is 13.4 Å². The van der Waals surface area contributed by atoms with E-state index in [0.29, 0.717) is 5.82 Å². The molecule has 1 aliphatic rings. The molecule has 2 heterocycles. The van der Waals surface area contributed by atoms with E-state index in [1.807, 2.05) is 0 Å². The quantitative estimate of drug-likeness (QED) is 0.784. The van der Waals surface area contributed by atoms with Gasteiger partial charge < -0.3 is 10.0 Å². The van der Waals surface area contributed by atoms with Gasteiger partial charge in [0, 0.05) is 32.4 Å². The molecule has 0 spiro atoms. The molecular formula is C18H18F3N3O4S. The summed E-state index contributed by atoms with van der Waals surface area (Å²) in [6, 6.07) is 8.13. The number of halogens is 3. The number of rotatable bonds is 5. The second-order valence-corrected chi connectivity index (χ2v) is 8.38. The highest BCUT2D eigenvalue weighted by molar-refractivity contribution is 7.89. The number of benzene rings is 1. The lowest BCUT2D eigenvalue weighted by Crippen LogP contribution is -2.49. The average molecular weight is 429 g/mol. The monoisotopic (exact) mass is 429 g/mol. The van der Waals surface area contributed by atoms with E-state index in [1.54, 1.807) is 11.0 Å². The normalized spacial score (nSPS) is 16.0. The van der Waals surface area contributed by atoms with E-state index in [0.717, 1.165) is 12.3 Å². The van der Waals surface area contributed by atoms with Gasteiger partial charge in [0.1, 0.15) is 5.82 Å². The molecule has 7 nitrogen and oxygen atoms in total. The van der Waals surface area contributed by atoms with Crippen LogP contribution in [0, 0.1) is 0 Å². The van der Waals surface area contributed by atoms with Gasteiger partial charge >= 0.3 is 12.1 Å². The first-order valence-corrected chi connectivity index (χ1v) is 10.1. The molecule has 1 aromatic carbocycles. The molecule has 0 amide bonds. The van der Waals surface area contributed by atoms with E-state index in [4.69, 9.17) is 5.11 Å². The fourth-order valence-electron chi connectivity index (χ4n) is 3.10. The summed E-state index contributed by atoms with van der Waals surface area (Å²) in [5.74, 6) is -0.799. The van der Waals surface area contributed by atoms with Crippen molar-refractivity contribution in [3.63, 3.8) is 0 Å². The smallest absolute Gasteiger partial charge is 0.417 e. The van der Waals surface area contributed by atoms with Gasteiger partial charge in [-0.3, -0.25) is 4.79 Å². The molecule has 0 bridgehead atoms. The molecule has 1 aromatic heterocycles. The highest BCUT2D eigenvalue weighted by Gasteiger charge is 2.33. The van der Waals surface area contributed by atoms with Gasteiger partial charge in [-0.2, -0.15) is 17.5 Å². The zero-order valence-corrected chi connectivity index (χ0v) is 15.9. The Hall–Kier alpha value is -2.66. The Bertz CT molecular complexity index is 986. The predicted molar refractivity (Wildman–Crippen MR) is 98.0 cm³/mol. The van der Waals surface area contributed by atoms with Gasteiger partial charge in [-0.1, -0.05) is 18.2 Å². The zero-order valence-electron chi connectivity index (χ0n) is 15.1. The van der Waals surface area contributed by atoms with E-state index in [2.05, 4.69) is 4.98 Å². The number of carbonyl (C=O) groups is 1. The molecule has 0 radical (unpaired) electrons. The van der Waals surface area contributed by atoms with Gasteiger partial charge in [0.15, 0.2) is 0 Å². The highest BCUT2D eigenvalue weighted by Crippen LogP contribution is 2.30. The molecule has 11 heteroatoms. The van der Waals surface area contributed by atoms with Crippen molar-refractivity contribution < 1.29 is 31.5 Å². The molecule has 1 fully saturated rings. The Morgan fingerprint density at radius 2 is 1.72 bits per heavy atom. The van der Waals surface area contributed by atoms with Crippen LogP contribution in [0.5, 0.6) is 0 Å². The number of nitrogens with zero attached hydrogens (tertiary/aromatic N) is 3. The molecule has 0 unspecified atom stereocenters. The van der Waals surface area contributed by atoms with Gasteiger partial charge in [0.05, 0.1) is 16.9 Å². The van der Waals surface area contributed by atoms with Gasteiger partial charge in [-0.15, -0.1) is 0 Å². The van der Waals surface area contributed by atoms with Gasteiger partial charge in [0.25, 0.3) is 0 Å². The molecule has 0 atom stereocenters. The molecule has 1 aliphatic heterocycles. The molecule has 1 saturated heterocycles. The first kappa shape index (κ1) is 21.1. The van der Waals surface area contributed by atoms with Crippen molar-refractivity contribution >= 4 is 21.8 Å². The second-order valence-electron chi connectivity index (χ2n) is 6.47. The maximum absolute atomic E-state index is 13.0. The first-order chi connectivity index (χ1) is 13.6. The highest BCUT2D eigenvalue weighted by atomic mass is 32.2. The molecule has 0 aliphatic carbocycles. The number of carboxylic acid groups (broad SMARTS) is 1. The van der Waals surface area contributed by atoms with Crippen LogP contribution in [0.4, 0.5) is 19.0 Å². The minimum absolute atomic E-state index is 0.0523. The number of pyridine rings is 1. The number of carboxylic acids is 1. The lowest BCUT2D eigenvalue weighted by Gasteiger charge is -2.35. The van der Waals surface area contributed by atoms with Crippen LogP contribution in [0.3, 0.4) is 0 Å². The van der Waals surface area contributed by atoms with Crippen LogP contribution in [0.2, 0.25) is 0 Å². The summed E-state index contributed by atoms with van der Waals surface area (Å²) >= 11 is 0. The Morgan fingerprint density at radius 3 is 2.28 bits per heavy atom. The molecular weight excluding hydrogens is 411 g/mol. The number of anilines is 1. The number of hydrogen-bond donors (Lipinski definition) is 1. The van der Waals surface area contributed by atoms with Crippen molar-refractivity contribution in [1.29, 1.82) is 0 Å². The van der Waals surface area contributed by atoms with Crippen LogP contribution in [-0.4, -0.2) is 55.0 Å². The zero-order chi connectivity index (χ0) is 21.2. The third-order valence-corrected chi connectivity index (χ3v) is 6.57. The number of hydrogen-bond acceptors (Lipinski definition) is 5. The van der Waals surface area contributed by atoms with E-state index in [9.17, 15) is 26.4 Å². The maximum Gasteiger partial charge on any atom is 0.417 e. The van der Waals surface area contributed by atoms with Crippen molar-refractivity contribution in [2.75, 3.05) is 31.1 Å². The standard InChI is InChI=1S/C18H18F3N3O4S/c19-18(20,21)14-5-6-16(22-12-14)23-7-9-24(10-8-23)29(27,28)15-4-2-1-3-13(15)11-17(25)26/h1-6,12H,7-11H2,(H,25,26). The molecule has 1 N–H and O–H groups in total. The summed E-state index contributed by atoms with van der Waals surface area (Å²) < 4.78 is 65.1. The molecule has 2 aromatic rings. The summed E-state index contributed by atoms with van der Waals surface area (Å²) in [5, 5.41) is 9.01. The van der Waals surface area contributed by atoms with Crippen molar-refractivity contribution in [1.82, 2.24) is 9.29 Å². The predicted octanol–water partition coefficient (Wildman–Crippen LogP) is 2.24. The van der Waals surface area contributed by atoms with Crippen LogP contribution in [0.15, 0.2) is 47.5 Å². The van der Waals surface area contributed by atoms with Gasteiger partial charge in [-0.05, 0) is 23.8 Å². The van der Waals surface area contributed by atoms with Crippen LogP contribution in [0.1, 0.15) is 11.1 Å². The summed E-state index contributed by atoms with van der Waals surface area (Å²) in [6.45, 7) is 0.705. The van der Waals surface area contributed by atoms with Crippen molar-refractivity contribution in [3.05, 3.63) is 53.7 Å². The van der Waals surface area contributed by atoms with E-state index in [-0.39, 0.29) is 36.6 Å². The summed E-state index contributed by atoms with van der Waals surface area (Å²) in [5.41, 5.74) is -0.649. The largest absolute Gasteiger partial charge is 0.481 e. The van der Waals surface area contributed by atoms with E-state index < -0.39 is 34.2 Å². The third-order valence-electron chi connectivity index (χ3n) is 4.57. The summed E-state index contributed by atoms with van der Waals surface area (Å²) in [4.78, 5) is 16.5. The van der Waals surface area contributed by atoms with Crippen LogP contribution in [0.25, 0.3) is 0 Å². The van der Waals surface area contributed by atoms with Crippen molar-refractivity contribution in [2.45, 2.75) is 17.5 Å². The van der Waals surface area contributed by atoms with Crippen molar-refractivity contribution in [3.8, 4) is 0 Å². The number of aromatic nitrogens is 1. The SMILES string of the molecule is O=C(O)Cc1ccccc1S(=O)(=O)N1CCN(c2ccc(C(F)(F)F)cn2)CC1. The minimum Gasteiger partial charge on any atom is -0.481 e. The minimum atomic E-state index is -4.47. The van der Waals surface area contributed by atoms with E-state index in [1.165, 1.54) is 28.6 Å². The number of aliphatic carboxylic acids is 1. The number of alkyl halides is 3. The molecule has 3 rings (SSSR count). The third kappa shape index (κ3) is 4.67. The van der Waals surface area contributed by atoms with Crippen LogP contribution < -0.4 is 4.90 Å². The molecule has 0 saturated carbocycles. The lowest BCUT2D eigenvalue weighted by molar-refractivity contribution is -0.138. The Morgan fingerprint density at radius 1 is 1.07 bits per heavy atom. The first-order valence-electron chi connectivity index (χ1n) is 8.67. The van der Waals surface area contributed by atoms with Crippen LogP contribution in [-0.2, 0) is 27.4 Å². The fourth-order valence-corrected chi connectivity index (χ4v) is 4.75. The van der Waals surface area contributed by atoms with Crippen LogP contribution >= 0.6 is 0 Å². The molecule has 156 valence electrons. The summed E-state index contributed by atoms with van der Waals surface area (Å²) in [7, 11) is -3.90. The molecule has 29 heavy (non-hydrogen) atoms. The Labute approximate surface area is 165 Å². The van der Waals surface area contributed by atoms with Crippen molar-refractivity contribution in [2.24, 2.45) is 0 Å². The summed E-state index contributed by atoms with van der Waals surface area (Å²) in [6.07, 6.45) is -4.13. The maximum atomic E-state index is 13.0. The average Bonchev–Trinajstić information content (AvgIpc) is 2.67.